The van der Waals surface area contributed by atoms with Crippen LogP contribution in [0.1, 0.15) is 41.7 Å². The molecule has 0 atom stereocenters. The number of carbonyl (C=O) groups is 2. The Kier molecular flexibility index (Phi) is 22.7. The summed E-state index contributed by atoms with van der Waals surface area (Å²) >= 11 is 10.3. The van der Waals surface area contributed by atoms with Crippen molar-refractivity contribution in [1.82, 2.24) is 0 Å². The second-order valence-electron chi connectivity index (χ2n) is 9.39. The Balaban J connectivity index is 0.000000652. The number of carbonyl (C=O) groups excluding carboxylic acids is 2. The molecule has 2 rings (SSSR count). The highest BCUT2D eigenvalue weighted by Crippen LogP contribution is 2.27. The highest BCUT2D eigenvalue weighted by Gasteiger charge is 2.13. The number of aryl methyl sites for hydroxylation is 4. The van der Waals surface area contributed by atoms with Gasteiger partial charge in [-0.1, -0.05) is 59.9 Å². The van der Waals surface area contributed by atoms with E-state index in [2.05, 4.69) is 59.9 Å². The summed E-state index contributed by atoms with van der Waals surface area (Å²) in [5.74, 6) is 0.225. The maximum Gasteiger partial charge on any atom is 0.223 e. The van der Waals surface area contributed by atoms with Crippen LogP contribution in [0.15, 0.2) is 33.2 Å². The van der Waals surface area contributed by atoms with Crippen LogP contribution < -0.4 is 4.90 Å². The molecule has 0 fully saturated rings. The molecule has 0 unspecified atom stereocenters. The molecule has 0 aromatic heterocycles. The fourth-order valence-electron chi connectivity index (χ4n) is 3.67. The van der Waals surface area contributed by atoms with Gasteiger partial charge in [-0.25, -0.2) is 0 Å². The number of ether oxygens (including phenoxy) is 4. The molecule has 10 heteroatoms. The van der Waals surface area contributed by atoms with Crippen LogP contribution in [0.2, 0.25) is 0 Å². The summed E-state index contributed by atoms with van der Waals surface area (Å²) in [6.07, 6.45) is 0.537. The van der Waals surface area contributed by atoms with Gasteiger partial charge in [-0.3, -0.25) is 9.59 Å². The normalized spacial score (nSPS) is 10.3. The monoisotopic (exact) mass is 765 g/mol. The highest BCUT2D eigenvalue weighted by molar-refractivity contribution is 9.11. The Bertz CT molecular complexity index is 1010. The van der Waals surface area contributed by atoms with Gasteiger partial charge in [0.05, 0.1) is 39.6 Å². The van der Waals surface area contributed by atoms with Gasteiger partial charge in [-0.15, -0.1) is 0 Å². The van der Waals surface area contributed by atoms with E-state index in [0.717, 1.165) is 43.3 Å². The molecule has 0 aliphatic carbocycles. The predicted molar refractivity (Wildman–Crippen MR) is 179 cm³/mol. The average Bonchev–Trinajstić information content (AvgIpc) is 2.90. The van der Waals surface area contributed by atoms with Crippen molar-refractivity contribution >= 4 is 65.2 Å². The fraction of sp³-hybridized carbons (Fsp3) is 0.548. The second-order valence-corrected chi connectivity index (χ2v) is 11.8. The average molecular weight is 768 g/mol. The van der Waals surface area contributed by atoms with Gasteiger partial charge in [0.25, 0.3) is 0 Å². The van der Waals surface area contributed by atoms with E-state index in [0.29, 0.717) is 46.0 Å². The number of Topliss-reactive ketones (excluding diaryl/α,β-unsaturated/α-hetero) is 1. The van der Waals surface area contributed by atoms with E-state index in [1.54, 1.807) is 33.0 Å². The van der Waals surface area contributed by atoms with Gasteiger partial charge >= 0.3 is 0 Å². The minimum absolute atomic E-state index is 0.0152. The third-order valence-corrected chi connectivity index (χ3v) is 8.43. The molecule has 0 saturated carbocycles. The SMILES string of the molecule is CC(=O)Cc1cc(C)c(Br)c(C)c1.COCCOCCBr.COCCOCCN(C(C)=O)c1cc(C)c(Br)c(C)c1. The highest BCUT2D eigenvalue weighted by atomic mass is 79.9. The number of alkyl halides is 1. The Hall–Kier alpha value is -1.14. The van der Waals surface area contributed by atoms with Crippen molar-refractivity contribution in [2.45, 2.75) is 48.0 Å². The van der Waals surface area contributed by atoms with Gasteiger partial charge in [-0.2, -0.15) is 0 Å². The van der Waals surface area contributed by atoms with Crippen LogP contribution in [0.5, 0.6) is 0 Å². The van der Waals surface area contributed by atoms with Gasteiger partial charge in [0.15, 0.2) is 0 Å². The predicted octanol–water partition coefficient (Wildman–Crippen LogP) is 7.32. The van der Waals surface area contributed by atoms with E-state index in [-0.39, 0.29) is 11.7 Å². The molecule has 232 valence electrons. The molecule has 0 radical (unpaired) electrons. The number of hydrogen-bond acceptors (Lipinski definition) is 6. The molecule has 0 aliphatic heterocycles. The topological polar surface area (TPSA) is 74.3 Å². The fourth-order valence-corrected chi connectivity index (χ4v) is 4.36. The second kappa shape index (κ2) is 23.3. The zero-order valence-electron chi connectivity index (χ0n) is 25.7. The van der Waals surface area contributed by atoms with Crippen LogP contribution in [0.4, 0.5) is 5.69 Å². The first-order valence-electron chi connectivity index (χ1n) is 13.4. The molecule has 7 nitrogen and oxygen atoms in total. The molecular weight excluding hydrogens is 722 g/mol. The molecule has 0 heterocycles. The molecule has 0 saturated heterocycles. The largest absolute Gasteiger partial charge is 0.382 e. The van der Waals surface area contributed by atoms with E-state index >= 15 is 0 Å². The Labute approximate surface area is 272 Å². The first-order chi connectivity index (χ1) is 19.4. The maximum atomic E-state index is 11.8. The van der Waals surface area contributed by atoms with Crippen molar-refractivity contribution < 1.29 is 28.5 Å². The molecular formula is C31H46Br3NO6. The summed E-state index contributed by atoms with van der Waals surface area (Å²) < 4.78 is 22.4. The van der Waals surface area contributed by atoms with E-state index in [9.17, 15) is 9.59 Å². The van der Waals surface area contributed by atoms with Crippen molar-refractivity contribution in [2.75, 3.05) is 70.6 Å². The summed E-state index contributed by atoms with van der Waals surface area (Å²) in [6, 6.07) is 8.12. The lowest BCUT2D eigenvalue weighted by Gasteiger charge is -2.22. The van der Waals surface area contributed by atoms with Crippen molar-refractivity contribution in [3.63, 3.8) is 0 Å². The zero-order valence-corrected chi connectivity index (χ0v) is 30.5. The summed E-state index contributed by atoms with van der Waals surface area (Å²) in [5.41, 5.74) is 6.63. The van der Waals surface area contributed by atoms with Gasteiger partial charge in [-0.05, 0) is 74.6 Å². The summed E-state index contributed by atoms with van der Waals surface area (Å²) in [6.45, 7) is 15.6. The van der Waals surface area contributed by atoms with Crippen molar-refractivity contribution in [3.05, 3.63) is 61.0 Å². The molecule has 41 heavy (non-hydrogen) atoms. The minimum atomic E-state index is 0.0152. The Morgan fingerprint density at radius 3 is 1.54 bits per heavy atom. The molecule has 0 N–H and O–H groups in total. The van der Waals surface area contributed by atoms with E-state index in [1.807, 2.05) is 39.8 Å². The quantitative estimate of drug-likeness (QED) is 0.148. The van der Waals surface area contributed by atoms with Crippen LogP contribution >= 0.6 is 47.8 Å². The number of nitrogens with zero attached hydrogens (tertiary/aromatic N) is 1. The number of ketones is 1. The lowest BCUT2D eigenvalue weighted by molar-refractivity contribution is -0.117. The van der Waals surface area contributed by atoms with Crippen LogP contribution in [0, 0.1) is 27.7 Å². The first-order valence-corrected chi connectivity index (χ1v) is 16.1. The van der Waals surface area contributed by atoms with Crippen molar-refractivity contribution in [3.8, 4) is 0 Å². The molecule has 2 aromatic carbocycles. The number of rotatable bonds is 14. The number of hydrogen-bond donors (Lipinski definition) is 0. The van der Waals surface area contributed by atoms with Crippen LogP contribution in [0.3, 0.4) is 0 Å². The molecule has 1 amide bonds. The third-order valence-electron chi connectivity index (χ3n) is 5.61. The zero-order chi connectivity index (χ0) is 31.4. The standard InChI is InChI=1S/C15H22BrNO3.C11H13BrO.C5H11BrO2/c1-11-9-14(10-12(2)15(11)16)17(13(3)18)5-6-20-8-7-19-4;1-7-4-10(6-9(3)13)5-8(2)11(7)12;1-7-4-5-8-3-2-6/h9-10H,5-8H2,1-4H3;4-5H,6H2,1-3H3;2-5H2,1H3. The number of benzene rings is 2. The lowest BCUT2D eigenvalue weighted by atomic mass is 10.0. The number of amides is 1. The molecule has 0 spiro atoms. The van der Waals surface area contributed by atoms with Gasteiger partial charge in [0, 0.05) is 54.1 Å². The maximum absolute atomic E-state index is 11.8. The number of anilines is 1. The molecule has 0 bridgehead atoms. The lowest BCUT2D eigenvalue weighted by Crippen LogP contribution is -2.32. The van der Waals surface area contributed by atoms with Crippen molar-refractivity contribution in [2.24, 2.45) is 0 Å². The third kappa shape index (κ3) is 17.5. The number of methoxy groups -OCH3 is 2. The van der Waals surface area contributed by atoms with Gasteiger partial charge in [0.2, 0.25) is 5.91 Å². The summed E-state index contributed by atoms with van der Waals surface area (Å²) in [5, 5.41) is 0.900. The summed E-state index contributed by atoms with van der Waals surface area (Å²) in [7, 11) is 3.30. The van der Waals surface area contributed by atoms with Gasteiger partial charge < -0.3 is 23.8 Å². The van der Waals surface area contributed by atoms with E-state index < -0.39 is 0 Å². The van der Waals surface area contributed by atoms with Crippen LogP contribution in [-0.2, 0) is 35.0 Å². The van der Waals surface area contributed by atoms with Crippen LogP contribution in [-0.4, -0.2) is 77.4 Å². The molecule has 2 aromatic rings. The Morgan fingerprint density at radius 1 is 0.707 bits per heavy atom. The first kappa shape index (κ1) is 39.9. The van der Waals surface area contributed by atoms with Gasteiger partial charge in [0.1, 0.15) is 5.78 Å². The smallest absolute Gasteiger partial charge is 0.223 e. The summed E-state index contributed by atoms with van der Waals surface area (Å²) in [4.78, 5) is 24.5. The van der Waals surface area contributed by atoms with E-state index in [1.165, 1.54) is 11.1 Å². The van der Waals surface area contributed by atoms with Crippen molar-refractivity contribution in [1.29, 1.82) is 0 Å². The van der Waals surface area contributed by atoms with E-state index in [4.69, 9.17) is 18.9 Å². The molecule has 0 aliphatic rings. The minimum Gasteiger partial charge on any atom is -0.382 e. The Morgan fingerprint density at radius 2 is 1.15 bits per heavy atom. The number of halogens is 3. The van der Waals surface area contributed by atoms with Crippen LogP contribution in [0.25, 0.3) is 0 Å².